The van der Waals surface area contributed by atoms with Crippen LogP contribution in [0.2, 0.25) is 5.15 Å². The van der Waals surface area contributed by atoms with Crippen LogP contribution in [-0.4, -0.2) is 53.9 Å². The van der Waals surface area contributed by atoms with Gasteiger partial charge in [0, 0.05) is 24.7 Å². The second kappa shape index (κ2) is 6.54. The van der Waals surface area contributed by atoms with E-state index in [1.807, 2.05) is 19.9 Å². The number of rotatable bonds is 3. The number of anilines is 1. The van der Waals surface area contributed by atoms with Crippen LogP contribution >= 0.6 is 22.9 Å². The van der Waals surface area contributed by atoms with E-state index in [0.29, 0.717) is 5.15 Å². The average molecular weight is 411 g/mol. The number of thiophene rings is 1. The maximum Gasteiger partial charge on any atom is 0.164 e. The largest absolute Gasteiger partial charge is 0.394 e. The van der Waals surface area contributed by atoms with Gasteiger partial charge in [-0.1, -0.05) is 11.6 Å². The van der Waals surface area contributed by atoms with Crippen LogP contribution in [0.4, 0.5) is 5.69 Å². The van der Waals surface area contributed by atoms with Gasteiger partial charge >= 0.3 is 0 Å². The summed E-state index contributed by atoms with van der Waals surface area (Å²) < 4.78 is 19.4. The van der Waals surface area contributed by atoms with Crippen molar-refractivity contribution in [3.05, 3.63) is 22.2 Å². The first-order valence-corrected chi connectivity index (χ1v) is 10.7. The quantitative estimate of drug-likeness (QED) is 0.781. The zero-order valence-corrected chi connectivity index (χ0v) is 16.9. The molecular weight excluding hydrogens is 388 g/mol. The number of halogens is 1. The smallest absolute Gasteiger partial charge is 0.164 e. The van der Waals surface area contributed by atoms with E-state index in [4.69, 9.17) is 25.8 Å². The van der Waals surface area contributed by atoms with Crippen molar-refractivity contribution in [3.63, 3.8) is 0 Å². The number of ether oxygens (including phenoxy) is 3. The fourth-order valence-corrected chi connectivity index (χ4v) is 5.72. The lowest BCUT2D eigenvalue weighted by Gasteiger charge is -2.23. The Morgan fingerprint density at radius 3 is 2.78 bits per heavy atom. The Hall–Kier alpha value is -0.960. The molecule has 5 heterocycles. The predicted octanol–water partition coefficient (Wildman–Crippen LogP) is 3.50. The Labute approximate surface area is 167 Å². The molecule has 3 saturated heterocycles. The molecule has 146 valence electrons. The number of aromatic nitrogens is 1. The lowest BCUT2D eigenvalue weighted by molar-refractivity contribution is -0.190. The SMILES string of the molecule is CC1(C)O[C@@H]2[C@H](O1)[C@@H](CO)O[C@H]2c1csc2c(N3CCCC3)cc(Cl)nc12. The van der Waals surface area contributed by atoms with Gasteiger partial charge in [-0.25, -0.2) is 4.98 Å². The molecule has 3 aliphatic rings. The van der Waals surface area contributed by atoms with Crippen LogP contribution in [0.5, 0.6) is 0 Å². The molecule has 1 N–H and O–H groups in total. The summed E-state index contributed by atoms with van der Waals surface area (Å²) in [5.41, 5.74) is 2.98. The lowest BCUT2D eigenvalue weighted by atomic mass is 10.0. The minimum Gasteiger partial charge on any atom is -0.394 e. The molecule has 0 unspecified atom stereocenters. The first kappa shape index (κ1) is 18.1. The Balaban J connectivity index is 1.57. The second-order valence-electron chi connectivity index (χ2n) is 7.87. The molecule has 5 rings (SSSR count). The summed E-state index contributed by atoms with van der Waals surface area (Å²) in [7, 11) is 0. The normalized spacial score (nSPS) is 32.5. The fourth-order valence-electron chi connectivity index (χ4n) is 4.45. The lowest BCUT2D eigenvalue weighted by Crippen LogP contribution is -2.31. The van der Waals surface area contributed by atoms with Crippen molar-refractivity contribution < 1.29 is 19.3 Å². The van der Waals surface area contributed by atoms with Crippen LogP contribution in [0.25, 0.3) is 10.2 Å². The molecular formula is C19H23ClN2O4S. The van der Waals surface area contributed by atoms with Crippen molar-refractivity contribution in [3.8, 4) is 0 Å². The first-order chi connectivity index (χ1) is 13.0. The van der Waals surface area contributed by atoms with Crippen LogP contribution in [0, 0.1) is 0 Å². The topological polar surface area (TPSA) is 64.1 Å². The van der Waals surface area contributed by atoms with Crippen LogP contribution in [0.1, 0.15) is 38.4 Å². The van der Waals surface area contributed by atoms with Gasteiger partial charge < -0.3 is 24.2 Å². The van der Waals surface area contributed by atoms with E-state index in [-0.39, 0.29) is 24.9 Å². The summed E-state index contributed by atoms with van der Waals surface area (Å²) in [5, 5.41) is 12.3. The molecule has 8 heteroatoms. The zero-order valence-electron chi connectivity index (χ0n) is 15.4. The molecule has 2 aromatic rings. The van der Waals surface area contributed by atoms with E-state index >= 15 is 0 Å². The molecule has 27 heavy (non-hydrogen) atoms. The molecule has 3 aliphatic heterocycles. The highest BCUT2D eigenvalue weighted by Crippen LogP contribution is 2.48. The summed E-state index contributed by atoms with van der Waals surface area (Å²) in [6, 6.07) is 1.96. The van der Waals surface area contributed by atoms with Gasteiger partial charge in [0.25, 0.3) is 0 Å². The van der Waals surface area contributed by atoms with Crippen LogP contribution in [-0.2, 0) is 14.2 Å². The third-order valence-electron chi connectivity index (χ3n) is 5.58. The number of nitrogens with zero attached hydrogens (tertiary/aromatic N) is 2. The molecule has 3 fully saturated rings. The molecule has 0 saturated carbocycles. The Bertz CT molecular complexity index is 867. The summed E-state index contributed by atoms with van der Waals surface area (Å²) in [4.78, 5) is 7.00. The molecule has 2 aromatic heterocycles. The number of pyridine rings is 1. The Morgan fingerprint density at radius 2 is 2.04 bits per heavy atom. The summed E-state index contributed by atoms with van der Waals surface area (Å²) >= 11 is 8.04. The van der Waals surface area contributed by atoms with Gasteiger partial charge in [0.2, 0.25) is 0 Å². The number of aliphatic hydroxyl groups is 1. The molecule has 4 atom stereocenters. The highest BCUT2D eigenvalue weighted by molar-refractivity contribution is 7.18. The third-order valence-corrected chi connectivity index (χ3v) is 6.79. The molecule has 0 radical (unpaired) electrons. The van der Waals surface area contributed by atoms with E-state index in [0.717, 1.165) is 34.6 Å². The van der Waals surface area contributed by atoms with Crippen molar-refractivity contribution in [2.75, 3.05) is 24.6 Å². The standard InChI is InChI=1S/C19H23ClN2O4S/c1-19(2)25-16-12(8-23)24-15(17(16)26-19)10-9-27-18-11(22-5-3-4-6-22)7-13(20)21-14(10)18/h7,9,12,15-17,23H,3-6,8H2,1-2H3/t12-,15+,16-,17+/m1/s1. The summed E-state index contributed by atoms with van der Waals surface area (Å²) in [6.45, 7) is 5.77. The van der Waals surface area contributed by atoms with E-state index < -0.39 is 11.9 Å². The van der Waals surface area contributed by atoms with Gasteiger partial charge in [-0.05, 0) is 32.1 Å². The summed E-state index contributed by atoms with van der Waals surface area (Å²) in [5.74, 6) is -0.692. The number of hydrogen-bond donors (Lipinski definition) is 1. The second-order valence-corrected chi connectivity index (χ2v) is 9.14. The molecule has 0 aromatic carbocycles. The van der Waals surface area contributed by atoms with Crippen molar-refractivity contribution in [2.24, 2.45) is 0 Å². The Kier molecular flexibility index (Phi) is 4.38. The van der Waals surface area contributed by atoms with Crippen molar-refractivity contribution in [2.45, 2.75) is 56.9 Å². The van der Waals surface area contributed by atoms with Gasteiger partial charge in [-0.2, -0.15) is 0 Å². The highest BCUT2D eigenvalue weighted by atomic mass is 35.5. The zero-order chi connectivity index (χ0) is 18.8. The van der Waals surface area contributed by atoms with E-state index in [9.17, 15) is 5.11 Å². The van der Waals surface area contributed by atoms with Gasteiger partial charge in [0.15, 0.2) is 5.79 Å². The van der Waals surface area contributed by atoms with Crippen molar-refractivity contribution >= 4 is 38.8 Å². The number of hydrogen-bond acceptors (Lipinski definition) is 7. The van der Waals surface area contributed by atoms with Gasteiger partial charge in [0.1, 0.15) is 29.6 Å². The van der Waals surface area contributed by atoms with Crippen LogP contribution in [0.3, 0.4) is 0 Å². The maximum atomic E-state index is 9.74. The van der Waals surface area contributed by atoms with E-state index in [1.165, 1.54) is 12.8 Å². The van der Waals surface area contributed by atoms with Crippen molar-refractivity contribution in [1.82, 2.24) is 4.98 Å². The summed E-state index contributed by atoms with van der Waals surface area (Å²) in [6.07, 6.45) is 1.10. The maximum absolute atomic E-state index is 9.74. The fraction of sp³-hybridized carbons (Fsp3) is 0.632. The van der Waals surface area contributed by atoms with E-state index in [2.05, 4.69) is 15.3 Å². The van der Waals surface area contributed by atoms with Gasteiger partial charge in [-0.3, -0.25) is 0 Å². The molecule has 0 aliphatic carbocycles. The Morgan fingerprint density at radius 1 is 1.30 bits per heavy atom. The molecule has 0 spiro atoms. The van der Waals surface area contributed by atoms with E-state index in [1.54, 1.807) is 11.3 Å². The first-order valence-electron chi connectivity index (χ1n) is 9.41. The van der Waals surface area contributed by atoms with Crippen molar-refractivity contribution in [1.29, 1.82) is 0 Å². The third kappa shape index (κ3) is 2.96. The number of aliphatic hydroxyl groups excluding tert-OH is 1. The van der Waals surface area contributed by atoms with Crippen LogP contribution in [0.15, 0.2) is 11.4 Å². The average Bonchev–Trinajstić information content (AvgIpc) is 3.37. The number of fused-ring (bicyclic) bond motifs is 2. The van der Waals surface area contributed by atoms with Gasteiger partial charge in [-0.15, -0.1) is 11.3 Å². The molecule has 0 amide bonds. The minimum atomic E-state index is -0.692. The molecule has 0 bridgehead atoms. The van der Waals surface area contributed by atoms with Gasteiger partial charge in [0.05, 0.1) is 22.5 Å². The molecule has 6 nitrogen and oxygen atoms in total. The highest BCUT2D eigenvalue weighted by Gasteiger charge is 2.55. The monoisotopic (exact) mass is 410 g/mol. The minimum absolute atomic E-state index is 0.105. The predicted molar refractivity (Wildman–Crippen MR) is 105 cm³/mol. The van der Waals surface area contributed by atoms with Crippen LogP contribution < -0.4 is 4.90 Å².